The fourth-order valence-corrected chi connectivity index (χ4v) is 4.95. The lowest BCUT2D eigenvalue weighted by Gasteiger charge is -2.43. The lowest BCUT2D eigenvalue weighted by molar-refractivity contribution is -0.164. The Hall–Kier alpha value is -2.02. The molecule has 0 aliphatic carbocycles. The molecule has 2 saturated heterocycles. The van der Waals surface area contributed by atoms with Gasteiger partial charge >= 0.3 is 5.97 Å². The molecular formula is C17H19NO5S. The predicted octanol–water partition coefficient (Wildman–Crippen LogP) is 1.79. The zero-order chi connectivity index (χ0) is 17.5. The van der Waals surface area contributed by atoms with Crippen LogP contribution >= 0.6 is 11.8 Å². The van der Waals surface area contributed by atoms with Crippen LogP contribution in [0.2, 0.25) is 0 Å². The molecular weight excluding hydrogens is 330 g/mol. The van der Waals surface area contributed by atoms with Crippen LogP contribution in [0.5, 0.6) is 5.75 Å². The molecule has 0 bridgehead atoms. The molecule has 3 unspecified atom stereocenters. The van der Waals surface area contributed by atoms with Gasteiger partial charge < -0.3 is 14.7 Å². The minimum absolute atomic E-state index is 0.0856. The zero-order valence-electron chi connectivity index (χ0n) is 13.5. The van der Waals surface area contributed by atoms with E-state index < -0.39 is 22.7 Å². The Morgan fingerprint density at radius 1 is 1.29 bits per heavy atom. The van der Waals surface area contributed by atoms with Gasteiger partial charge in [-0.2, -0.15) is 0 Å². The van der Waals surface area contributed by atoms with Crippen molar-refractivity contribution >= 4 is 29.4 Å². The summed E-state index contributed by atoms with van der Waals surface area (Å²) in [5.41, 5.74) is 0. The highest BCUT2D eigenvalue weighted by Crippen LogP contribution is 2.54. The normalized spacial score (nSPS) is 27.3. The molecule has 24 heavy (non-hydrogen) atoms. The Kier molecular flexibility index (Phi) is 4.29. The van der Waals surface area contributed by atoms with Gasteiger partial charge in [0, 0.05) is 11.2 Å². The largest absolute Gasteiger partial charge is 0.486 e. The Labute approximate surface area is 144 Å². The van der Waals surface area contributed by atoms with Crippen LogP contribution in [0.4, 0.5) is 0 Å². The maximum absolute atomic E-state index is 12.3. The minimum atomic E-state index is -1.000. The number of aliphatic carboxylic acids is 1. The number of hydrogen-bond acceptors (Lipinski definition) is 5. The molecule has 6 nitrogen and oxygen atoms in total. The third kappa shape index (κ3) is 2.88. The molecule has 3 atom stereocenters. The van der Waals surface area contributed by atoms with E-state index in [1.165, 1.54) is 16.7 Å². The molecule has 0 radical (unpaired) electrons. The number of fused-ring (bicyclic) bond motifs is 1. The molecule has 0 saturated carbocycles. The van der Waals surface area contributed by atoms with Crippen molar-refractivity contribution in [2.75, 3.05) is 6.61 Å². The summed E-state index contributed by atoms with van der Waals surface area (Å²) in [6, 6.07) is 8.17. The third-order valence-corrected chi connectivity index (χ3v) is 6.00. The van der Waals surface area contributed by atoms with Crippen molar-refractivity contribution in [3.63, 3.8) is 0 Å². The maximum Gasteiger partial charge on any atom is 0.327 e. The second-order valence-electron chi connectivity index (χ2n) is 6.55. The van der Waals surface area contributed by atoms with Gasteiger partial charge in [-0.15, -0.1) is 11.8 Å². The van der Waals surface area contributed by atoms with E-state index in [4.69, 9.17) is 4.74 Å². The number of benzene rings is 1. The average molecular weight is 349 g/mol. The average Bonchev–Trinajstić information content (AvgIpc) is 2.80. The summed E-state index contributed by atoms with van der Waals surface area (Å²) in [7, 11) is 0. The monoisotopic (exact) mass is 349 g/mol. The van der Waals surface area contributed by atoms with Gasteiger partial charge in [0.2, 0.25) is 5.91 Å². The van der Waals surface area contributed by atoms with E-state index in [9.17, 15) is 19.5 Å². The molecule has 0 spiro atoms. The molecule has 7 heteroatoms. The van der Waals surface area contributed by atoms with E-state index in [1.807, 2.05) is 32.0 Å². The third-order valence-electron chi connectivity index (χ3n) is 4.38. The molecule has 1 N–H and O–H groups in total. The number of ketones is 1. The van der Waals surface area contributed by atoms with Crippen LogP contribution < -0.4 is 4.74 Å². The number of carboxylic acids is 1. The Bertz CT molecular complexity index is 675. The summed E-state index contributed by atoms with van der Waals surface area (Å²) in [5, 5.41) is 9.13. The maximum atomic E-state index is 12.3. The number of para-hydroxylation sites is 1. The minimum Gasteiger partial charge on any atom is -0.486 e. The van der Waals surface area contributed by atoms with Crippen molar-refractivity contribution in [3.05, 3.63) is 30.3 Å². The van der Waals surface area contributed by atoms with Crippen LogP contribution in [0.15, 0.2) is 30.3 Å². The highest BCUT2D eigenvalue weighted by Gasteiger charge is 2.63. The van der Waals surface area contributed by atoms with Crippen molar-refractivity contribution in [2.24, 2.45) is 5.92 Å². The Morgan fingerprint density at radius 2 is 1.96 bits per heavy atom. The van der Waals surface area contributed by atoms with Crippen LogP contribution in [-0.2, 0) is 14.4 Å². The molecule has 3 rings (SSSR count). The summed E-state index contributed by atoms with van der Waals surface area (Å²) in [6.07, 6.45) is 0.0856. The molecule has 2 aliphatic rings. The highest BCUT2D eigenvalue weighted by molar-refractivity contribution is 8.01. The highest BCUT2D eigenvalue weighted by atomic mass is 32.2. The van der Waals surface area contributed by atoms with E-state index in [0.717, 1.165) is 0 Å². The molecule has 1 aromatic carbocycles. The summed E-state index contributed by atoms with van der Waals surface area (Å²) < 4.78 is 4.84. The number of rotatable bonds is 6. The number of hydrogen-bond donors (Lipinski definition) is 1. The number of carbonyl (C=O) groups is 3. The van der Waals surface area contributed by atoms with Crippen LogP contribution in [-0.4, -0.2) is 50.4 Å². The number of nitrogens with zero attached hydrogens (tertiary/aromatic N) is 1. The van der Waals surface area contributed by atoms with Gasteiger partial charge in [0.15, 0.2) is 5.78 Å². The first kappa shape index (κ1) is 16.8. The summed E-state index contributed by atoms with van der Waals surface area (Å²) in [5.74, 6) is -1.26. The van der Waals surface area contributed by atoms with Gasteiger partial charge in [-0.25, -0.2) is 4.79 Å². The smallest absolute Gasteiger partial charge is 0.327 e. The van der Waals surface area contributed by atoms with Crippen molar-refractivity contribution in [1.29, 1.82) is 0 Å². The van der Waals surface area contributed by atoms with Crippen LogP contribution in [0, 0.1) is 5.92 Å². The fraction of sp³-hybridized carbons (Fsp3) is 0.471. The molecule has 128 valence electrons. The van der Waals surface area contributed by atoms with E-state index in [1.54, 1.807) is 12.1 Å². The van der Waals surface area contributed by atoms with Gasteiger partial charge in [-0.05, 0) is 26.0 Å². The predicted molar refractivity (Wildman–Crippen MR) is 88.8 cm³/mol. The number of β-lactam (4-membered cyclic amide) rings is 1. The van der Waals surface area contributed by atoms with Gasteiger partial charge in [0.05, 0.1) is 11.3 Å². The summed E-state index contributed by atoms with van der Waals surface area (Å²) >= 11 is 1.45. The van der Waals surface area contributed by atoms with Gasteiger partial charge in [0.1, 0.15) is 18.4 Å². The first-order chi connectivity index (χ1) is 11.3. The van der Waals surface area contributed by atoms with Crippen molar-refractivity contribution < 1.29 is 24.2 Å². The molecule has 1 amide bonds. The van der Waals surface area contributed by atoms with Crippen molar-refractivity contribution in [3.8, 4) is 5.75 Å². The zero-order valence-corrected chi connectivity index (χ0v) is 14.3. The fourth-order valence-electron chi connectivity index (χ4n) is 3.26. The number of carboxylic acid groups (broad SMARTS) is 1. The van der Waals surface area contributed by atoms with E-state index >= 15 is 0 Å². The lowest BCUT2D eigenvalue weighted by Crippen LogP contribution is -2.63. The SMILES string of the molecule is CC1(C)SC2C(CC(=O)COc3ccccc3)C(=O)N2C1C(=O)O. The van der Waals surface area contributed by atoms with Crippen molar-refractivity contribution in [2.45, 2.75) is 36.4 Å². The van der Waals surface area contributed by atoms with E-state index in [0.29, 0.717) is 5.75 Å². The number of thioether (sulfide) groups is 1. The number of carbonyl (C=O) groups excluding carboxylic acids is 2. The van der Waals surface area contributed by atoms with Crippen LogP contribution in [0.3, 0.4) is 0 Å². The number of amides is 1. The van der Waals surface area contributed by atoms with Gasteiger partial charge in [-0.3, -0.25) is 9.59 Å². The Balaban J connectivity index is 1.59. The second-order valence-corrected chi connectivity index (χ2v) is 8.32. The van der Waals surface area contributed by atoms with E-state index in [2.05, 4.69) is 0 Å². The van der Waals surface area contributed by atoms with Crippen molar-refractivity contribution in [1.82, 2.24) is 4.90 Å². The first-order valence-electron chi connectivity index (χ1n) is 7.73. The topological polar surface area (TPSA) is 83.9 Å². The first-order valence-corrected chi connectivity index (χ1v) is 8.61. The summed E-state index contributed by atoms with van der Waals surface area (Å²) in [4.78, 5) is 37.3. The van der Waals surface area contributed by atoms with Gasteiger partial charge in [-0.1, -0.05) is 18.2 Å². The number of ether oxygens (including phenoxy) is 1. The standard InChI is InChI=1S/C17H19NO5S/c1-17(2)13(16(21)22)18-14(20)12(15(18)24-17)8-10(19)9-23-11-6-4-3-5-7-11/h3-7,12-13,15H,8-9H2,1-2H3,(H,21,22). The Morgan fingerprint density at radius 3 is 2.58 bits per heavy atom. The second kappa shape index (κ2) is 6.12. The molecule has 2 aliphatic heterocycles. The van der Waals surface area contributed by atoms with Crippen LogP contribution in [0.1, 0.15) is 20.3 Å². The lowest BCUT2D eigenvalue weighted by atomic mass is 9.88. The number of Topliss-reactive ketones (excluding diaryl/α,β-unsaturated/α-hetero) is 1. The van der Waals surface area contributed by atoms with Gasteiger partial charge in [0.25, 0.3) is 0 Å². The molecule has 2 fully saturated rings. The molecule has 1 aromatic rings. The quantitative estimate of drug-likeness (QED) is 0.788. The van der Waals surface area contributed by atoms with Crippen LogP contribution in [0.25, 0.3) is 0 Å². The molecule has 2 heterocycles. The summed E-state index contributed by atoms with van der Waals surface area (Å²) in [6.45, 7) is 3.55. The van der Waals surface area contributed by atoms with E-state index in [-0.39, 0.29) is 30.1 Å². The molecule has 0 aromatic heterocycles.